The number of carboxylic acids is 1. The quantitative estimate of drug-likeness (QED) is 0.436. The number of likely N-dealkylation sites (tertiary alicyclic amines) is 1. The number of carboxylic acid groups (broad SMARTS) is 1. The smallest absolute Gasteiger partial charge is 0.326 e. The molecule has 0 spiro atoms. The molecule has 0 bridgehead atoms. The predicted octanol–water partition coefficient (Wildman–Crippen LogP) is -1.85. The molecule has 2 atom stereocenters. The van der Waals surface area contributed by atoms with Gasteiger partial charge in [-0.3, -0.25) is 9.59 Å². The lowest BCUT2D eigenvalue weighted by Gasteiger charge is -2.25. The summed E-state index contributed by atoms with van der Waals surface area (Å²) >= 11 is 0. The zero-order valence-electron chi connectivity index (χ0n) is 11.5. The molecule has 0 saturated carbocycles. The second-order valence-corrected chi connectivity index (χ2v) is 4.69. The van der Waals surface area contributed by atoms with Crippen molar-refractivity contribution in [3.8, 4) is 0 Å². The zero-order valence-corrected chi connectivity index (χ0v) is 11.5. The number of carbonyl (C=O) groups excluding carboxylic acids is 2. The first-order chi connectivity index (χ1) is 9.51. The van der Waals surface area contributed by atoms with E-state index in [2.05, 4.69) is 10.6 Å². The summed E-state index contributed by atoms with van der Waals surface area (Å²) < 4.78 is 0. The van der Waals surface area contributed by atoms with Crippen LogP contribution in [0.25, 0.3) is 0 Å². The Balaban J connectivity index is 2.65. The molecule has 20 heavy (non-hydrogen) atoms. The zero-order chi connectivity index (χ0) is 15.1. The molecule has 114 valence electrons. The molecular formula is C12H21N3O5. The van der Waals surface area contributed by atoms with E-state index in [1.807, 2.05) is 0 Å². The van der Waals surface area contributed by atoms with Crippen LogP contribution in [0.3, 0.4) is 0 Å². The van der Waals surface area contributed by atoms with Crippen molar-refractivity contribution in [1.82, 2.24) is 15.5 Å². The maximum absolute atomic E-state index is 12.1. The first-order valence-corrected chi connectivity index (χ1v) is 6.59. The van der Waals surface area contributed by atoms with Gasteiger partial charge in [-0.2, -0.15) is 0 Å². The number of hydrogen-bond acceptors (Lipinski definition) is 5. The summed E-state index contributed by atoms with van der Waals surface area (Å²) in [4.78, 5) is 36.3. The summed E-state index contributed by atoms with van der Waals surface area (Å²) in [5, 5.41) is 22.8. The first-order valence-electron chi connectivity index (χ1n) is 6.59. The molecular weight excluding hydrogens is 266 g/mol. The van der Waals surface area contributed by atoms with Crippen molar-refractivity contribution in [3.05, 3.63) is 0 Å². The van der Waals surface area contributed by atoms with Gasteiger partial charge in [0.05, 0.1) is 6.54 Å². The van der Waals surface area contributed by atoms with E-state index in [4.69, 9.17) is 10.2 Å². The molecule has 1 aliphatic rings. The Labute approximate surface area is 117 Å². The minimum atomic E-state index is -1.20. The third-order valence-corrected chi connectivity index (χ3v) is 3.24. The van der Waals surface area contributed by atoms with Gasteiger partial charge < -0.3 is 25.7 Å². The number of amides is 2. The molecule has 1 heterocycles. The van der Waals surface area contributed by atoms with E-state index in [0.29, 0.717) is 19.4 Å². The molecule has 1 saturated heterocycles. The number of likely N-dealkylation sites (N-methyl/N-ethyl adjacent to an activating group) is 1. The van der Waals surface area contributed by atoms with E-state index < -0.39 is 24.0 Å². The first kappa shape index (κ1) is 16.4. The van der Waals surface area contributed by atoms with Gasteiger partial charge in [0.1, 0.15) is 12.1 Å². The average molecular weight is 287 g/mol. The number of nitrogens with zero attached hydrogens (tertiary/aromatic N) is 1. The highest BCUT2D eigenvalue weighted by Gasteiger charge is 2.35. The lowest BCUT2D eigenvalue weighted by molar-refractivity contribution is -0.144. The highest BCUT2D eigenvalue weighted by molar-refractivity contribution is 5.91. The maximum atomic E-state index is 12.1. The van der Waals surface area contributed by atoms with Crippen molar-refractivity contribution in [2.24, 2.45) is 0 Å². The van der Waals surface area contributed by atoms with Gasteiger partial charge in [-0.1, -0.05) is 0 Å². The third kappa shape index (κ3) is 4.17. The van der Waals surface area contributed by atoms with Crippen molar-refractivity contribution < 1.29 is 24.6 Å². The molecule has 0 unspecified atom stereocenters. The molecule has 0 aromatic rings. The predicted molar refractivity (Wildman–Crippen MR) is 69.9 cm³/mol. The molecule has 0 radical (unpaired) electrons. The number of aliphatic hydroxyl groups excluding tert-OH is 1. The van der Waals surface area contributed by atoms with Crippen molar-refractivity contribution >= 4 is 17.8 Å². The maximum Gasteiger partial charge on any atom is 0.326 e. The van der Waals surface area contributed by atoms with E-state index >= 15 is 0 Å². The van der Waals surface area contributed by atoms with Crippen LogP contribution in [0.5, 0.6) is 0 Å². The van der Waals surface area contributed by atoms with Crippen LogP contribution in [-0.4, -0.2) is 71.7 Å². The van der Waals surface area contributed by atoms with E-state index in [0.717, 1.165) is 0 Å². The van der Waals surface area contributed by atoms with Crippen LogP contribution in [0.1, 0.15) is 19.3 Å². The second-order valence-electron chi connectivity index (χ2n) is 4.69. The second kappa shape index (κ2) is 7.81. The van der Waals surface area contributed by atoms with Crippen LogP contribution in [0, 0.1) is 0 Å². The van der Waals surface area contributed by atoms with E-state index in [9.17, 15) is 14.4 Å². The molecule has 4 N–H and O–H groups in total. The fourth-order valence-corrected chi connectivity index (χ4v) is 2.24. The number of rotatable bonds is 7. The molecule has 0 aromatic carbocycles. The van der Waals surface area contributed by atoms with Crippen LogP contribution in [0.4, 0.5) is 0 Å². The fourth-order valence-electron chi connectivity index (χ4n) is 2.24. The third-order valence-electron chi connectivity index (χ3n) is 3.24. The van der Waals surface area contributed by atoms with E-state index in [1.165, 1.54) is 4.90 Å². The van der Waals surface area contributed by atoms with Crippen LogP contribution >= 0.6 is 0 Å². The minimum Gasteiger partial charge on any atom is -0.480 e. The van der Waals surface area contributed by atoms with Crippen LogP contribution in [0.2, 0.25) is 0 Å². The molecule has 1 fully saturated rings. The van der Waals surface area contributed by atoms with E-state index in [1.54, 1.807) is 7.05 Å². The van der Waals surface area contributed by atoms with Crippen molar-refractivity contribution in [1.29, 1.82) is 0 Å². The molecule has 1 aliphatic heterocycles. The SMILES string of the molecule is CNCC(=O)N1CCC[C@H]1C(=O)N[C@@H](CCO)C(=O)O. The lowest BCUT2D eigenvalue weighted by Crippen LogP contribution is -2.52. The Morgan fingerprint density at radius 1 is 1.40 bits per heavy atom. The highest BCUT2D eigenvalue weighted by Crippen LogP contribution is 2.17. The van der Waals surface area contributed by atoms with Crippen LogP contribution < -0.4 is 10.6 Å². The van der Waals surface area contributed by atoms with Gasteiger partial charge in [-0.15, -0.1) is 0 Å². The van der Waals surface area contributed by atoms with Crippen LogP contribution in [0.15, 0.2) is 0 Å². The summed E-state index contributed by atoms with van der Waals surface area (Å²) in [6.45, 7) is 0.309. The van der Waals surface area contributed by atoms with Gasteiger partial charge in [0.25, 0.3) is 0 Å². The Morgan fingerprint density at radius 3 is 2.65 bits per heavy atom. The highest BCUT2D eigenvalue weighted by atomic mass is 16.4. The Bertz CT molecular complexity index is 374. The summed E-state index contributed by atoms with van der Waals surface area (Å²) in [6.07, 6.45) is 1.18. The van der Waals surface area contributed by atoms with Crippen LogP contribution in [-0.2, 0) is 14.4 Å². The fraction of sp³-hybridized carbons (Fsp3) is 0.750. The summed E-state index contributed by atoms with van der Waals surface area (Å²) in [5.74, 6) is -1.86. The Kier molecular flexibility index (Phi) is 6.40. The number of aliphatic carboxylic acids is 1. The minimum absolute atomic E-state index is 0.0573. The summed E-state index contributed by atoms with van der Waals surface area (Å²) in [5.41, 5.74) is 0. The van der Waals surface area contributed by atoms with Crippen molar-refractivity contribution in [3.63, 3.8) is 0 Å². The standard InChI is InChI=1S/C12H21N3O5/c1-13-7-10(17)15-5-2-3-9(15)11(18)14-8(4-6-16)12(19)20/h8-9,13,16H,2-7H2,1H3,(H,14,18)(H,19,20)/t8-,9-/m0/s1. The molecule has 8 heteroatoms. The number of nitrogens with one attached hydrogen (secondary N) is 2. The lowest BCUT2D eigenvalue weighted by atomic mass is 10.1. The summed E-state index contributed by atoms with van der Waals surface area (Å²) in [6, 6.07) is -1.76. The molecule has 0 aromatic heterocycles. The van der Waals surface area contributed by atoms with Gasteiger partial charge in [-0.25, -0.2) is 4.79 Å². The topological polar surface area (TPSA) is 119 Å². The summed E-state index contributed by atoms with van der Waals surface area (Å²) in [7, 11) is 1.64. The Morgan fingerprint density at radius 2 is 2.10 bits per heavy atom. The molecule has 0 aliphatic carbocycles. The van der Waals surface area contributed by atoms with Gasteiger partial charge in [0.2, 0.25) is 11.8 Å². The molecule has 1 rings (SSSR count). The number of carbonyl (C=O) groups is 3. The van der Waals surface area contributed by atoms with Gasteiger partial charge >= 0.3 is 5.97 Å². The normalized spacial score (nSPS) is 19.7. The van der Waals surface area contributed by atoms with Gasteiger partial charge in [0.15, 0.2) is 0 Å². The van der Waals surface area contributed by atoms with Crippen molar-refractivity contribution in [2.75, 3.05) is 26.7 Å². The molecule has 8 nitrogen and oxygen atoms in total. The van der Waals surface area contributed by atoms with E-state index in [-0.39, 0.29) is 25.5 Å². The Hall–Kier alpha value is -1.67. The largest absolute Gasteiger partial charge is 0.480 e. The molecule has 2 amide bonds. The van der Waals surface area contributed by atoms with Gasteiger partial charge in [0, 0.05) is 19.6 Å². The van der Waals surface area contributed by atoms with Gasteiger partial charge in [-0.05, 0) is 19.9 Å². The van der Waals surface area contributed by atoms with Crippen molar-refractivity contribution in [2.45, 2.75) is 31.3 Å². The monoisotopic (exact) mass is 287 g/mol. The number of hydrogen-bond donors (Lipinski definition) is 4. The average Bonchev–Trinajstić information content (AvgIpc) is 2.87. The number of aliphatic hydroxyl groups is 1.